The lowest BCUT2D eigenvalue weighted by Crippen LogP contribution is -2.29. The van der Waals surface area contributed by atoms with Crippen molar-refractivity contribution in [1.82, 2.24) is 4.90 Å². The van der Waals surface area contributed by atoms with Crippen LogP contribution in [0.2, 0.25) is 0 Å². The maximum atomic E-state index is 2.63. The van der Waals surface area contributed by atoms with Gasteiger partial charge >= 0.3 is 0 Å². The Balaban J connectivity index is 2.03. The molecular weight excluding hydrogens is 182 g/mol. The van der Waals surface area contributed by atoms with Gasteiger partial charge in [-0.15, -0.1) is 0 Å². The van der Waals surface area contributed by atoms with E-state index in [2.05, 4.69) is 55.2 Å². The SMILES string of the molecule is CCC(C)N1C2C=CC1c1ccccc12. The van der Waals surface area contributed by atoms with Crippen LogP contribution < -0.4 is 0 Å². The van der Waals surface area contributed by atoms with E-state index in [4.69, 9.17) is 0 Å². The summed E-state index contributed by atoms with van der Waals surface area (Å²) in [4.78, 5) is 2.63. The van der Waals surface area contributed by atoms with Gasteiger partial charge in [0.05, 0.1) is 12.1 Å². The van der Waals surface area contributed by atoms with Crippen molar-refractivity contribution in [2.45, 2.75) is 38.4 Å². The molecule has 2 aliphatic rings. The van der Waals surface area contributed by atoms with Crippen LogP contribution in [0.25, 0.3) is 0 Å². The van der Waals surface area contributed by atoms with Crippen molar-refractivity contribution in [3.63, 3.8) is 0 Å². The Morgan fingerprint density at radius 2 is 1.67 bits per heavy atom. The Bertz CT molecular complexity index is 375. The van der Waals surface area contributed by atoms with E-state index < -0.39 is 0 Å². The second-order valence-corrected chi connectivity index (χ2v) is 4.61. The van der Waals surface area contributed by atoms with Gasteiger partial charge in [0.25, 0.3) is 0 Å². The zero-order valence-corrected chi connectivity index (χ0v) is 9.35. The number of fused-ring (bicyclic) bond motifs is 5. The van der Waals surface area contributed by atoms with Gasteiger partial charge < -0.3 is 0 Å². The van der Waals surface area contributed by atoms with E-state index in [1.807, 2.05) is 0 Å². The fourth-order valence-corrected chi connectivity index (χ4v) is 2.92. The number of hydrogen-bond acceptors (Lipinski definition) is 1. The second kappa shape index (κ2) is 3.21. The van der Waals surface area contributed by atoms with Crippen molar-refractivity contribution in [2.75, 3.05) is 0 Å². The molecule has 0 N–H and O–H groups in total. The quantitative estimate of drug-likeness (QED) is 0.659. The third-order valence-corrected chi connectivity index (χ3v) is 3.85. The number of hydrogen-bond donors (Lipinski definition) is 0. The zero-order valence-electron chi connectivity index (χ0n) is 9.35. The zero-order chi connectivity index (χ0) is 10.4. The molecule has 0 radical (unpaired) electrons. The molecule has 2 heterocycles. The summed E-state index contributed by atoms with van der Waals surface area (Å²) in [6.45, 7) is 4.60. The first kappa shape index (κ1) is 9.17. The van der Waals surface area contributed by atoms with Gasteiger partial charge in [0.1, 0.15) is 0 Å². The summed E-state index contributed by atoms with van der Waals surface area (Å²) >= 11 is 0. The summed E-state index contributed by atoms with van der Waals surface area (Å²) in [6, 6.07) is 10.6. The molecule has 2 aliphatic heterocycles. The van der Waals surface area contributed by atoms with Gasteiger partial charge in [0.15, 0.2) is 0 Å². The van der Waals surface area contributed by atoms with Crippen molar-refractivity contribution in [2.24, 2.45) is 0 Å². The summed E-state index contributed by atoms with van der Waals surface area (Å²) in [5.41, 5.74) is 3.04. The van der Waals surface area contributed by atoms with Gasteiger partial charge in [0.2, 0.25) is 0 Å². The Morgan fingerprint density at radius 3 is 2.13 bits per heavy atom. The highest BCUT2D eigenvalue weighted by Gasteiger charge is 2.41. The van der Waals surface area contributed by atoms with Crippen LogP contribution in [0.5, 0.6) is 0 Å². The molecule has 3 rings (SSSR count). The molecule has 1 aromatic rings. The highest BCUT2D eigenvalue weighted by molar-refractivity contribution is 5.46. The Kier molecular flexibility index (Phi) is 1.96. The number of benzene rings is 1. The lowest BCUT2D eigenvalue weighted by molar-refractivity contribution is 0.171. The maximum absolute atomic E-state index is 2.63. The molecule has 1 heteroatoms. The number of rotatable bonds is 2. The molecule has 2 bridgehead atoms. The third-order valence-electron chi connectivity index (χ3n) is 3.85. The molecule has 3 atom stereocenters. The largest absolute Gasteiger partial charge is 0.280 e. The number of nitrogens with zero attached hydrogens (tertiary/aromatic N) is 1. The molecular formula is C14H17N. The van der Waals surface area contributed by atoms with Crippen molar-refractivity contribution in [1.29, 1.82) is 0 Å². The molecule has 0 spiro atoms. The van der Waals surface area contributed by atoms with Crippen molar-refractivity contribution < 1.29 is 0 Å². The predicted molar refractivity (Wildman–Crippen MR) is 62.7 cm³/mol. The first-order valence-electron chi connectivity index (χ1n) is 5.87. The minimum absolute atomic E-state index is 0.543. The van der Waals surface area contributed by atoms with Gasteiger partial charge in [0, 0.05) is 6.04 Å². The molecule has 78 valence electrons. The summed E-state index contributed by atoms with van der Waals surface area (Å²) in [5.74, 6) is 0. The van der Waals surface area contributed by atoms with Gasteiger partial charge in [-0.25, -0.2) is 0 Å². The second-order valence-electron chi connectivity index (χ2n) is 4.61. The average Bonchev–Trinajstić information content (AvgIpc) is 2.84. The maximum Gasteiger partial charge on any atom is 0.0547 e. The van der Waals surface area contributed by atoms with Gasteiger partial charge in [-0.3, -0.25) is 4.90 Å². The Hall–Kier alpha value is -1.08. The predicted octanol–water partition coefficient (Wildman–Crippen LogP) is 3.45. The summed E-state index contributed by atoms with van der Waals surface area (Å²) in [7, 11) is 0. The molecule has 0 amide bonds. The van der Waals surface area contributed by atoms with Crippen molar-refractivity contribution >= 4 is 0 Å². The highest BCUT2D eigenvalue weighted by Crippen LogP contribution is 2.49. The summed E-state index contributed by atoms with van der Waals surface area (Å²) in [6.07, 6.45) is 5.95. The van der Waals surface area contributed by atoms with Crippen LogP contribution in [0.15, 0.2) is 36.4 Å². The van der Waals surface area contributed by atoms with Gasteiger partial charge in [-0.1, -0.05) is 43.3 Å². The molecule has 3 unspecified atom stereocenters. The van der Waals surface area contributed by atoms with Gasteiger partial charge in [-0.05, 0) is 24.5 Å². The minimum Gasteiger partial charge on any atom is -0.280 e. The fourth-order valence-electron chi connectivity index (χ4n) is 2.92. The van der Waals surface area contributed by atoms with Crippen LogP contribution in [0.1, 0.15) is 43.5 Å². The van der Waals surface area contributed by atoms with E-state index in [0.717, 1.165) is 0 Å². The topological polar surface area (TPSA) is 3.24 Å². The third kappa shape index (κ3) is 1.13. The smallest absolute Gasteiger partial charge is 0.0547 e. The van der Waals surface area contributed by atoms with Crippen LogP contribution in [0, 0.1) is 0 Å². The molecule has 0 aromatic heterocycles. The monoisotopic (exact) mass is 199 g/mol. The lowest BCUT2D eigenvalue weighted by Gasteiger charge is -2.28. The average molecular weight is 199 g/mol. The molecule has 0 aliphatic carbocycles. The van der Waals surface area contributed by atoms with Crippen LogP contribution in [0.4, 0.5) is 0 Å². The van der Waals surface area contributed by atoms with E-state index in [9.17, 15) is 0 Å². The molecule has 0 saturated heterocycles. The van der Waals surface area contributed by atoms with E-state index in [-0.39, 0.29) is 0 Å². The van der Waals surface area contributed by atoms with E-state index in [1.54, 1.807) is 0 Å². The van der Waals surface area contributed by atoms with E-state index >= 15 is 0 Å². The molecule has 0 fully saturated rings. The standard InChI is InChI=1S/C14H17N/c1-3-10(2)15-13-8-9-14(15)12-7-5-4-6-11(12)13/h4-10,13-14H,3H2,1-2H3. The van der Waals surface area contributed by atoms with Crippen LogP contribution in [0.3, 0.4) is 0 Å². The van der Waals surface area contributed by atoms with E-state index in [1.165, 1.54) is 17.5 Å². The normalized spacial score (nSPS) is 29.5. The lowest BCUT2D eigenvalue weighted by atomic mass is 9.97. The molecule has 1 nitrogen and oxygen atoms in total. The van der Waals surface area contributed by atoms with Crippen LogP contribution in [-0.2, 0) is 0 Å². The van der Waals surface area contributed by atoms with Crippen molar-refractivity contribution in [3.8, 4) is 0 Å². The minimum atomic E-state index is 0.543. The molecule has 1 aromatic carbocycles. The first-order chi connectivity index (χ1) is 7.33. The Morgan fingerprint density at radius 1 is 1.13 bits per heavy atom. The van der Waals surface area contributed by atoms with Crippen LogP contribution >= 0.6 is 0 Å². The first-order valence-corrected chi connectivity index (χ1v) is 5.87. The van der Waals surface area contributed by atoms with Crippen molar-refractivity contribution in [3.05, 3.63) is 47.5 Å². The van der Waals surface area contributed by atoms with Gasteiger partial charge in [-0.2, -0.15) is 0 Å². The highest BCUT2D eigenvalue weighted by atomic mass is 15.2. The molecule has 0 saturated carbocycles. The van der Waals surface area contributed by atoms with E-state index in [0.29, 0.717) is 18.1 Å². The fraction of sp³-hybridized carbons (Fsp3) is 0.429. The summed E-state index contributed by atoms with van der Waals surface area (Å²) < 4.78 is 0. The Labute approximate surface area is 91.4 Å². The summed E-state index contributed by atoms with van der Waals surface area (Å²) in [5, 5.41) is 0. The van der Waals surface area contributed by atoms with Crippen LogP contribution in [-0.4, -0.2) is 10.9 Å². The molecule has 15 heavy (non-hydrogen) atoms.